The van der Waals surface area contributed by atoms with Gasteiger partial charge in [0.1, 0.15) is 5.82 Å². The second kappa shape index (κ2) is 9.58. The minimum absolute atomic E-state index is 0.0261. The first-order valence-corrected chi connectivity index (χ1v) is 11.3. The molecule has 1 aromatic carbocycles. The van der Waals surface area contributed by atoms with Gasteiger partial charge in [-0.3, -0.25) is 14.6 Å². The first kappa shape index (κ1) is 21.5. The van der Waals surface area contributed by atoms with Crippen molar-refractivity contribution in [3.05, 3.63) is 65.2 Å². The zero-order valence-corrected chi connectivity index (χ0v) is 18.0. The van der Waals surface area contributed by atoms with Crippen LogP contribution in [0.25, 0.3) is 0 Å². The van der Waals surface area contributed by atoms with Gasteiger partial charge in [-0.15, -0.1) is 0 Å². The molecular formula is C25H30FN3O2. The van der Waals surface area contributed by atoms with Gasteiger partial charge in [0.15, 0.2) is 0 Å². The summed E-state index contributed by atoms with van der Waals surface area (Å²) in [5, 5.41) is 3.00. The Bertz CT molecular complexity index is 928. The third-order valence-electron chi connectivity index (χ3n) is 6.70. The first-order valence-electron chi connectivity index (χ1n) is 11.3. The van der Waals surface area contributed by atoms with Crippen molar-refractivity contribution in [3.8, 4) is 0 Å². The quantitative estimate of drug-likeness (QED) is 0.779. The summed E-state index contributed by atoms with van der Waals surface area (Å²) in [6.07, 6.45) is 8.85. The van der Waals surface area contributed by atoms with Gasteiger partial charge in [0.2, 0.25) is 11.8 Å². The highest BCUT2D eigenvalue weighted by Gasteiger charge is 2.38. The van der Waals surface area contributed by atoms with Crippen LogP contribution in [0.3, 0.4) is 0 Å². The molecular weight excluding hydrogens is 393 g/mol. The molecule has 2 atom stereocenters. The number of aromatic nitrogens is 1. The molecule has 2 amide bonds. The molecule has 5 nitrogen and oxygen atoms in total. The van der Waals surface area contributed by atoms with Crippen LogP contribution >= 0.6 is 0 Å². The van der Waals surface area contributed by atoms with Crippen LogP contribution in [0.5, 0.6) is 0 Å². The highest BCUT2D eigenvalue weighted by atomic mass is 19.1. The van der Waals surface area contributed by atoms with E-state index < -0.39 is 0 Å². The van der Waals surface area contributed by atoms with Crippen molar-refractivity contribution in [2.24, 2.45) is 11.8 Å². The summed E-state index contributed by atoms with van der Waals surface area (Å²) in [6.45, 7) is 2.59. The molecule has 1 saturated heterocycles. The van der Waals surface area contributed by atoms with Crippen LogP contribution in [-0.2, 0) is 16.1 Å². The van der Waals surface area contributed by atoms with E-state index in [0.717, 1.165) is 36.8 Å². The van der Waals surface area contributed by atoms with E-state index in [1.807, 2.05) is 23.1 Å². The normalized spacial score (nSPS) is 21.8. The number of hydrogen-bond donors (Lipinski definition) is 1. The standard InChI is InChI=1S/C25H30FN3O2/c1-17-13-20(8-10-22(17)26)23-11-9-21(16-29(23)25(31)19-6-2-3-7-19)24(30)28-15-18-5-4-12-27-14-18/h4-5,8,10,12-14,19,21,23H,2-3,6-7,9,11,15-16H2,1H3,(H,28,30)/t21-,23+/m1/s1. The lowest BCUT2D eigenvalue weighted by Gasteiger charge is -2.41. The molecule has 31 heavy (non-hydrogen) atoms. The molecule has 1 aliphatic heterocycles. The summed E-state index contributed by atoms with van der Waals surface area (Å²) in [5.74, 6) is -0.307. The summed E-state index contributed by atoms with van der Waals surface area (Å²) >= 11 is 0. The highest BCUT2D eigenvalue weighted by molar-refractivity contribution is 5.83. The third kappa shape index (κ3) is 4.94. The molecule has 2 heterocycles. The molecule has 1 N–H and O–H groups in total. The van der Waals surface area contributed by atoms with Gasteiger partial charge in [-0.1, -0.05) is 31.0 Å². The Morgan fingerprint density at radius 2 is 1.94 bits per heavy atom. The van der Waals surface area contributed by atoms with E-state index >= 15 is 0 Å². The molecule has 0 unspecified atom stereocenters. The maximum Gasteiger partial charge on any atom is 0.226 e. The zero-order valence-electron chi connectivity index (χ0n) is 18.0. The van der Waals surface area contributed by atoms with Gasteiger partial charge >= 0.3 is 0 Å². The Morgan fingerprint density at radius 1 is 1.13 bits per heavy atom. The number of aryl methyl sites for hydroxylation is 1. The second-order valence-corrected chi connectivity index (χ2v) is 8.85. The Labute approximate surface area is 183 Å². The van der Waals surface area contributed by atoms with Crippen LogP contribution in [-0.4, -0.2) is 28.2 Å². The average molecular weight is 424 g/mol. The first-order chi connectivity index (χ1) is 15.0. The highest BCUT2D eigenvalue weighted by Crippen LogP contribution is 2.37. The van der Waals surface area contributed by atoms with Crippen LogP contribution in [0.2, 0.25) is 0 Å². The molecule has 2 aromatic rings. The number of carbonyl (C=O) groups is 2. The lowest BCUT2D eigenvalue weighted by molar-refractivity contribution is -0.142. The molecule has 1 saturated carbocycles. The SMILES string of the molecule is Cc1cc([C@@H]2CC[C@@H](C(=O)NCc3cccnc3)CN2C(=O)C2CCCC2)ccc1F. The van der Waals surface area contributed by atoms with Crippen molar-refractivity contribution in [3.63, 3.8) is 0 Å². The molecule has 1 aliphatic carbocycles. The van der Waals surface area contributed by atoms with Crippen LogP contribution in [0.15, 0.2) is 42.7 Å². The molecule has 6 heteroatoms. The zero-order chi connectivity index (χ0) is 21.8. The number of likely N-dealkylation sites (tertiary alicyclic amines) is 1. The van der Waals surface area contributed by atoms with Crippen LogP contribution < -0.4 is 5.32 Å². The Hall–Kier alpha value is -2.76. The summed E-state index contributed by atoms with van der Waals surface area (Å²) in [4.78, 5) is 32.3. The van der Waals surface area contributed by atoms with Crippen LogP contribution in [0, 0.1) is 24.6 Å². The predicted octanol–water partition coefficient (Wildman–Crippen LogP) is 4.32. The van der Waals surface area contributed by atoms with E-state index in [0.29, 0.717) is 31.5 Å². The van der Waals surface area contributed by atoms with Crippen molar-refractivity contribution in [1.29, 1.82) is 0 Å². The van der Waals surface area contributed by atoms with E-state index in [1.165, 1.54) is 6.07 Å². The van der Waals surface area contributed by atoms with E-state index in [4.69, 9.17) is 0 Å². The maximum absolute atomic E-state index is 13.8. The van der Waals surface area contributed by atoms with E-state index in [2.05, 4.69) is 10.3 Å². The molecule has 1 aromatic heterocycles. The van der Waals surface area contributed by atoms with Crippen molar-refractivity contribution >= 4 is 11.8 Å². The van der Waals surface area contributed by atoms with Crippen molar-refractivity contribution in [1.82, 2.24) is 15.2 Å². The van der Waals surface area contributed by atoms with Gasteiger partial charge in [0.05, 0.1) is 12.0 Å². The minimum atomic E-state index is -0.236. The maximum atomic E-state index is 13.8. The largest absolute Gasteiger partial charge is 0.352 e. The minimum Gasteiger partial charge on any atom is -0.352 e. The van der Waals surface area contributed by atoms with Gasteiger partial charge in [-0.05, 0) is 61.4 Å². The number of nitrogens with one attached hydrogen (secondary N) is 1. The van der Waals surface area contributed by atoms with E-state index in [1.54, 1.807) is 25.4 Å². The summed E-state index contributed by atoms with van der Waals surface area (Å²) in [5.41, 5.74) is 2.49. The van der Waals surface area contributed by atoms with Gasteiger partial charge in [0, 0.05) is 31.4 Å². The van der Waals surface area contributed by atoms with Gasteiger partial charge in [-0.25, -0.2) is 4.39 Å². The second-order valence-electron chi connectivity index (χ2n) is 8.85. The number of carbonyl (C=O) groups excluding carboxylic acids is 2. The predicted molar refractivity (Wildman–Crippen MR) is 116 cm³/mol. The fourth-order valence-electron chi connectivity index (χ4n) is 4.89. The van der Waals surface area contributed by atoms with Gasteiger partial charge < -0.3 is 10.2 Å². The number of benzene rings is 1. The number of nitrogens with zero attached hydrogens (tertiary/aromatic N) is 2. The molecule has 4 rings (SSSR count). The lowest BCUT2D eigenvalue weighted by Crippen LogP contribution is -2.48. The lowest BCUT2D eigenvalue weighted by atomic mass is 9.86. The fourth-order valence-corrected chi connectivity index (χ4v) is 4.89. The van der Waals surface area contributed by atoms with Crippen molar-refractivity contribution in [2.75, 3.05) is 6.54 Å². The molecule has 0 bridgehead atoms. The monoisotopic (exact) mass is 423 g/mol. The van der Waals surface area contributed by atoms with Gasteiger partial charge in [-0.2, -0.15) is 0 Å². The summed E-state index contributed by atoms with van der Waals surface area (Å²) in [7, 11) is 0. The Balaban J connectivity index is 1.49. The summed E-state index contributed by atoms with van der Waals surface area (Å²) < 4.78 is 13.8. The fraction of sp³-hybridized carbons (Fsp3) is 0.480. The Kier molecular flexibility index (Phi) is 6.64. The number of halogens is 1. The number of rotatable bonds is 5. The number of hydrogen-bond acceptors (Lipinski definition) is 3. The van der Waals surface area contributed by atoms with Crippen LogP contribution in [0.1, 0.15) is 61.3 Å². The number of amides is 2. The molecule has 164 valence electrons. The van der Waals surface area contributed by atoms with E-state index in [-0.39, 0.29) is 35.5 Å². The molecule has 0 spiro atoms. The third-order valence-corrected chi connectivity index (χ3v) is 6.70. The Morgan fingerprint density at radius 3 is 2.65 bits per heavy atom. The van der Waals surface area contributed by atoms with Crippen molar-refractivity contribution in [2.45, 2.75) is 58.0 Å². The van der Waals surface area contributed by atoms with E-state index in [9.17, 15) is 14.0 Å². The number of pyridine rings is 1. The van der Waals surface area contributed by atoms with Crippen molar-refractivity contribution < 1.29 is 14.0 Å². The summed E-state index contributed by atoms with van der Waals surface area (Å²) in [6, 6.07) is 8.78. The topological polar surface area (TPSA) is 62.3 Å². The molecule has 2 aliphatic rings. The average Bonchev–Trinajstić information content (AvgIpc) is 3.34. The molecule has 2 fully saturated rings. The van der Waals surface area contributed by atoms with Gasteiger partial charge in [0.25, 0.3) is 0 Å². The van der Waals surface area contributed by atoms with Crippen LogP contribution in [0.4, 0.5) is 4.39 Å². The number of piperidine rings is 1. The smallest absolute Gasteiger partial charge is 0.226 e. The molecule has 0 radical (unpaired) electrons.